The van der Waals surface area contributed by atoms with E-state index in [1.54, 1.807) is 24.3 Å². The van der Waals surface area contributed by atoms with Crippen molar-refractivity contribution in [3.05, 3.63) is 58.6 Å². The van der Waals surface area contributed by atoms with Crippen LogP contribution < -0.4 is 10.1 Å². The van der Waals surface area contributed by atoms with Crippen molar-refractivity contribution in [1.82, 2.24) is 0 Å². The van der Waals surface area contributed by atoms with E-state index in [9.17, 15) is 4.79 Å². The van der Waals surface area contributed by atoms with E-state index in [0.717, 1.165) is 4.47 Å². The second kappa shape index (κ2) is 7.46. The first-order valence-electron chi connectivity index (χ1n) is 6.36. The van der Waals surface area contributed by atoms with E-state index >= 15 is 0 Å². The first-order chi connectivity index (χ1) is 10.2. The number of para-hydroxylation sites is 1. The van der Waals surface area contributed by atoms with Crippen LogP contribution in [-0.2, 0) is 4.79 Å². The molecule has 2 aromatic rings. The van der Waals surface area contributed by atoms with Gasteiger partial charge in [0.1, 0.15) is 5.75 Å². The average molecular weight is 345 g/mol. The summed E-state index contributed by atoms with van der Waals surface area (Å²) in [6.45, 7) is 0.296. The van der Waals surface area contributed by atoms with Gasteiger partial charge in [0.25, 0.3) is 0 Å². The van der Waals surface area contributed by atoms with Crippen molar-refractivity contribution < 1.29 is 9.53 Å². The van der Waals surface area contributed by atoms with Crippen LogP contribution in [0.1, 0.15) is 12.0 Å². The van der Waals surface area contributed by atoms with Crippen molar-refractivity contribution in [2.75, 3.05) is 11.9 Å². The summed E-state index contributed by atoms with van der Waals surface area (Å²) in [5.74, 6) is 0.579. The van der Waals surface area contributed by atoms with Gasteiger partial charge in [-0.2, -0.15) is 5.26 Å². The quantitative estimate of drug-likeness (QED) is 0.898. The molecular formula is C16H13BrN2O2. The lowest BCUT2D eigenvalue weighted by atomic mass is 10.2. The number of hydrogen-bond donors (Lipinski definition) is 1. The zero-order valence-electron chi connectivity index (χ0n) is 11.2. The molecule has 0 saturated heterocycles. The first kappa shape index (κ1) is 15.1. The van der Waals surface area contributed by atoms with Crippen molar-refractivity contribution >= 4 is 27.5 Å². The highest BCUT2D eigenvalue weighted by Gasteiger charge is 2.04. The summed E-state index contributed by atoms with van der Waals surface area (Å²) >= 11 is 3.38. The zero-order chi connectivity index (χ0) is 15.1. The van der Waals surface area contributed by atoms with E-state index in [1.165, 1.54) is 0 Å². The third kappa shape index (κ3) is 4.62. The lowest BCUT2D eigenvalue weighted by Gasteiger charge is -2.08. The third-order valence-electron chi connectivity index (χ3n) is 2.72. The lowest BCUT2D eigenvalue weighted by molar-refractivity contribution is -0.116. The SMILES string of the molecule is N#Cc1ccc(NC(=O)CCOc2ccccc2Br)cc1. The van der Waals surface area contributed by atoms with Crippen LogP contribution in [0.4, 0.5) is 5.69 Å². The Hall–Kier alpha value is -2.32. The molecule has 0 aliphatic rings. The Morgan fingerprint density at radius 1 is 1.19 bits per heavy atom. The summed E-state index contributed by atoms with van der Waals surface area (Å²) in [6, 6.07) is 16.2. The fraction of sp³-hybridized carbons (Fsp3) is 0.125. The fourth-order valence-electron chi connectivity index (χ4n) is 1.67. The summed E-state index contributed by atoms with van der Waals surface area (Å²) in [5.41, 5.74) is 1.23. The van der Waals surface area contributed by atoms with Gasteiger partial charge in [-0.15, -0.1) is 0 Å². The van der Waals surface area contributed by atoms with E-state index in [4.69, 9.17) is 10.00 Å². The molecule has 0 aliphatic heterocycles. The van der Waals surface area contributed by atoms with Crippen LogP contribution >= 0.6 is 15.9 Å². The number of nitriles is 1. The van der Waals surface area contributed by atoms with Gasteiger partial charge in [-0.3, -0.25) is 4.79 Å². The Labute approximate surface area is 131 Å². The number of amides is 1. The maximum absolute atomic E-state index is 11.8. The van der Waals surface area contributed by atoms with Crippen LogP contribution in [0.2, 0.25) is 0 Å². The average Bonchev–Trinajstić information content (AvgIpc) is 2.50. The molecule has 2 rings (SSSR count). The number of nitrogens with zero attached hydrogens (tertiary/aromatic N) is 1. The molecule has 5 heteroatoms. The van der Waals surface area contributed by atoms with Crippen molar-refractivity contribution in [2.24, 2.45) is 0 Å². The standard InChI is InChI=1S/C16H13BrN2O2/c17-14-3-1-2-4-15(14)21-10-9-16(20)19-13-7-5-12(11-18)6-8-13/h1-8H,9-10H2,(H,19,20). The normalized spacial score (nSPS) is 9.71. The van der Waals surface area contributed by atoms with Gasteiger partial charge in [-0.25, -0.2) is 0 Å². The molecule has 0 unspecified atom stereocenters. The van der Waals surface area contributed by atoms with Crippen LogP contribution in [0.15, 0.2) is 53.0 Å². The second-order valence-electron chi connectivity index (χ2n) is 4.27. The minimum atomic E-state index is -0.133. The number of carbonyl (C=O) groups is 1. The molecule has 106 valence electrons. The number of carbonyl (C=O) groups excluding carboxylic acids is 1. The molecule has 0 heterocycles. The molecular weight excluding hydrogens is 332 g/mol. The Balaban J connectivity index is 1.80. The molecule has 0 fully saturated rings. The highest BCUT2D eigenvalue weighted by molar-refractivity contribution is 9.10. The molecule has 0 atom stereocenters. The molecule has 21 heavy (non-hydrogen) atoms. The Kier molecular flexibility index (Phi) is 5.35. The molecule has 1 N–H and O–H groups in total. The minimum absolute atomic E-state index is 0.133. The monoisotopic (exact) mass is 344 g/mol. The predicted molar refractivity (Wildman–Crippen MR) is 84.0 cm³/mol. The summed E-state index contributed by atoms with van der Waals surface area (Å²) in [6.07, 6.45) is 0.251. The van der Waals surface area contributed by atoms with Crippen LogP contribution in [0.25, 0.3) is 0 Å². The summed E-state index contributed by atoms with van der Waals surface area (Å²) < 4.78 is 6.39. The first-order valence-corrected chi connectivity index (χ1v) is 7.15. The van der Waals surface area contributed by atoms with Crippen LogP contribution in [0.5, 0.6) is 5.75 Å². The summed E-state index contributed by atoms with van der Waals surface area (Å²) in [5, 5.41) is 11.5. The zero-order valence-corrected chi connectivity index (χ0v) is 12.8. The van der Waals surface area contributed by atoms with Crippen molar-refractivity contribution in [2.45, 2.75) is 6.42 Å². The van der Waals surface area contributed by atoms with Crippen molar-refractivity contribution in [3.8, 4) is 11.8 Å². The Bertz CT molecular complexity index is 663. The fourth-order valence-corrected chi connectivity index (χ4v) is 2.07. The number of anilines is 1. The maximum atomic E-state index is 11.8. The van der Waals surface area contributed by atoms with Gasteiger partial charge in [-0.05, 0) is 52.3 Å². The maximum Gasteiger partial charge on any atom is 0.227 e. The molecule has 0 aromatic heterocycles. The lowest BCUT2D eigenvalue weighted by Crippen LogP contribution is -2.15. The molecule has 1 amide bonds. The predicted octanol–water partition coefficient (Wildman–Crippen LogP) is 3.73. The molecule has 0 bridgehead atoms. The van der Waals surface area contributed by atoms with Crippen LogP contribution in [0.3, 0.4) is 0 Å². The van der Waals surface area contributed by atoms with Crippen LogP contribution in [0, 0.1) is 11.3 Å². The second-order valence-corrected chi connectivity index (χ2v) is 5.12. The van der Waals surface area contributed by atoms with Gasteiger partial charge >= 0.3 is 0 Å². The number of benzene rings is 2. The van der Waals surface area contributed by atoms with Crippen LogP contribution in [-0.4, -0.2) is 12.5 Å². The number of halogens is 1. The highest BCUT2D eigenvalue weighted by Crippen LogP contribution is 2.23. The largest absolute Gasteiger partial charge is 0.492 e. The number of rotatable bonds is 5. The number of nitrogens with one attached hydrogen (secondary N) is 1. The smallest absolute Gasteiger partial charge is 0.227 e. The molecule has 0 radical (unpaired) electrons. The van der Waals surface area contributed by atoms with Crippen molar-refractivity contribution in [3.63, 3.8) is 0 Å². The van der Waals surface area contributed by atoms with E-state index < -0.39 is 0 Å². The molecule has 0 saturated carbocycles. The van der Waals surface area contributed by atoms with Gasteiger partial charge in [0.2, 0.25) is 5.91 Å². The van der Waals surface area contributed by atoms with E-state index in [2.05, 4.69) is 21.2 Å². The highest BCUT2D eigenvalue weighted by atomic mass is 79.9. The van der Waals surface area contributed by atoms with E-state index in [-0.39, 0.29) is 12.3 Å². The summed E-state index contributed by atoms with van der Waals surface area (Å²) in [4.78, 5) is 11.8. The van der Waals surface area contributed by atoms with Gasteiger partial charge in [0.05, 0.1) is 29.1 Å². The van der Waals surface area contributed by atoms with Gasteiger partial charge in [0.15, 0.2) is 0 Å². The summed E-state index contributed by atoms with van der Waals surface area (Å²) in [7, 11) is 0. The van der Waals surface area contributed by atoms with E-state index in [0.29, 0.717) is 23.6 Å². The Morgan fingerprint density at radius 3 is 2.57 bits per heavy atom. The Morgan fingerprint density at radius 2 is 1.90 bits per heavy atom. The molecule has 0 aliphatic carbocycles. The number of hydrogen-bond acceptors (Lipinski definition) is 3. The minimum Gasteiger partial charge on any atom is -0.492 e. The molecule has 4 nitrogen and oxygen atoms in total. The molecule has 0 spiro atoms. The van der Waals surface area contributed by atoms with Gasteiger partial charge in [-0.1, -0.05) is 12.1 Å². The topological polar surface area (TPSA) is 62.1 Å². The third-order valence-corrected chi connectivity index (χ3v) is 3.38. The van der Waals surface area contributed by atoms with Gasteiger partial charge < -0.3 is 10.1 Å². The van der Waals surface area contributed by atoms with Crippen molar-refractivity contribution in [1.29, 1.82) is 5.26 Å². The van der Waals surface area contributed by atoms with Gasteiger partial charge in [0, 0.05) is 5.69 Å². The molecule has 2 aromatic carbocycles. The van der Waals surface area contributed by atoms with E-state index in [1.807, 2.05) is 30.3 Å². The number of ether oxygens (including phenoxy) is 1.